The van der Waals surface area contributed by atoms with E-state index < -0.39 is 0 Å². The molecular weight excluding hydrogens is 347 g/mol. The number of ether oxygens (including phenoxy) is 1. The van der Waals surface area contributed by atoms with Crippen LogP contribution in [0.5, 0.6) is 0 Å². The van der Waals surface area contributed by atoms with Crippen LogP contribution in [0.3, 0.4) is 0 Å². The SMILES string of the molecule is O=C(NC1CCN(c2ccc(F)cc2)C1)N[C@@H]1CCO[C@H]1c1ccncc1. The molecule has 4 rings (SSSR count). The highest BCUT2D eigenvalue weighted by Gasteiger charge is 2.32. The van der Waals surface area contributed by atoms with Crippen LogP contribution in [0.2, 0.25) is 0 Å². The van der Waals surface area contributed by atoms with Gasteiger partial charge in [-0.3, -0.25) is 4.98 Å². The van der Waals surface area contributed by atoms with Gasteiger partial charge in [0, 0.05) is 43.8 Å². The standard InChI is InChI=1S/C20H23FN4O2/c21-15-1-3-17(4-2-15)25-11-7-16(13-25)23-20(26)24-18-8-12-27-19(18)14-5-9-22-10-6-14/h1-6,9-10,16,18-19H,7-8,11-13H2,(H2,23,24,26)/t16?,18-,19+/m1/s1. The van der Waals surface area contributed by atoms with Crippen LogP contribution < -0.4 is 15.5 Å². The van der Waals surface area contributed by atoms with E-state index in [9.17, 15) is 9.18 Å². The first-order valence-electron chi connectivity index (χ1n) is 9.28. The Morgan fingerprint density at radius 3 is 2.67 bits per heavy atom. The smallest absolute Gasteiger partial charge is 0.315 e. The van der Waals surface area contributed by atoms with E-state index in [0.717, 1.165) is 30.6 Å². The molecule has 2 saturated heterocycles. The molecule has 1 aromatic carbocycles. The van der Waals surface area contributed by atoms with Gasteiger partial charge in [0.1, 0.15) is 11.9 Å². The molecule has 7 heteroatoms. The van der Waals surface area contributed by atoms with Crippen LogP contribution in [-0.4, -0.2) is 42.8 Å². The maximum absolute atomic E-state index is 13.1. The van der Waals surface area contributed by atoms with Crippen LogP contribution in [0.1, 0.15) is 24.5 Å². The summed E-state index contributed by atoms with van der Waals surface area (Å²) < 4.78 is 18.9. The Balaban J connectivity index is 1.30. The average molecular weight is 370 g/mol. The first kappa shape index (κ1) is 17.7. The number of nitrogens with one attached hydrogen (secondary N) is 2. The van der Waals surface area contributed by atoms with Gasteiger partial charge in [-0.15, -0.1) is 0 Å². The van der Waals surface area contributed by atoms with E-state index in [1.54, 1.807) is 24.5 Å². The Morgan fingerprint density at radius 2 is 1.89 bits per heavy atom. The summed E-state index contributed by atoms with van der Waals surface area (Å²) >= 11 is 0. The summed E-state index contributed by atoms with van der Waals surface area (Å²) in [7, 11) is 0. The molecular formula is C20H23FN4O2. The lowest BCUT2D eigenvalue weighted by atomic mass is 10.0. The molecule has 0 radical (unpaired) electrons. The van der Waals surface area contributed by atoms with E-state index in [0.29, 0.717) is 13.2 Å². The number of aromatic nitrogens is 1. The number of anilines is 1. The topological polar surface area (TPSA) is 66.5 Å². The fraction of sp³-hybridized carbons (Fsp3) is 0.400. The minimum absolute atomic E-state index is 0.0537. The molecule has 2 amide bonds. The molecule has 1 unspecified atom stereocenters. The zero-order valence-electron chi connectivity index (χ0n) is 15.0. The van der Waals surface area contributed by atoms with Crippen molar-refractivity contribution in [3.8, 4) is 0 Å². The second kappa shape index (κ2) is 7.92. The third-order valence-corrected chi connectivity index (χ3v) is 5.16. The fourth-order valence-electron chi connectivity index (χ4n) is 3.78. The summed E-state index contributed by atoms with van der Waals surface area (Å²) in [4.78, 5) is 18.6. The van der Waals surface area contributed by atoms with Crippen molar-refractivity contribution in [3.63, 3.8) is 0 Å². The van der Waals surface area contributed by atoms with Crippen LogP contribution in [0.4, 0.5) is 14.9 Å². The summed E-state index contributed by atoms with van der Waals surface area (Å²) in [6.45, 7) is 2.18. The maximum atomic E-state index is 13.1. The van der Waals surface area contributed by atoms with Crippen molar-refractivity contribution in [2.75, 3.05) is 24.6 Å². The average Bonchev–Trinajstić information content (AvgIpc) is 3.33. The molecule has 3 heterocycles. The Hall–Kier alpha value is -2.67. The third kappa shape index (κ3) is 4.19. The summed E-state index contributed by atoms with van der Waals surface area (Å²) in [5.74, 6) is -0.241. The lowest BCUT2D eigenvalue weighted by Crippen LogP contribution is -2.47. The lowest BCUT2D eigenvalue weighted by molar-refractivity contribution is 0.0997. The highest BCUT2D eigenvalue weighted by Crippen LogP contribution is 2.28. The molecule has 142 valence electrons. The van der Waals surface area contributed by atoms with Crippen LogP contribution in [0.25, 0.3) is 0 Å². The molecule has 2 aliphatic heterocycles. The molecule has 2 aliphatic rings. The van der Waals surface area contributed by atoms with Crippen LogP contribution in [0, 0.1) is 5.82 Å². The van der Waals surface area contributed by atoms with E-state index in [-0.39, 0.29) is 30.0 Å². The van der Waals surface area contributed by atoms with Gasteiger partial charge < -0.3 is 20.3 Å². The number of carbonyl (C=O) groups excluding carboxylic acids is 1. The monoisotopic (exact) mass is 370 g/mol. The Morgan fingerprint density at radius 1 is 1.11 bits per heavy atom. The number of hydrogen-bond donors (Lipinski definition) is 2. The maximum Gasteiger partial charge on any atom is 0.315 e. The molecule has 3 atom stereocenters. The summed E-state index contributed by atoms with van der Waals surface area (Å²) in [6, 6.07) is 10.1. The van der Waals surface area contributed by atoms with Gasteiger partial charge in [0.25, 0.3) is 0 Å². The minimum atomic E-state index is -0.241. The fourth-order valence-corrected chi connectivity index (χ4v) is 3.78. The van der Waals surface area contributed by atoms with Crippen molar-refractivity contribution in [2.24, 2.45) is 0 Å². The molecule has 0 saturated carbocycles. The normalized spacial score (nSPS) is 24.8. The van der Waals surface area contributed by atoms with Gasteiger partial charge in [-0.1, -0.05) is 0 Å². The van der Waals surface area contributed by atoms with Crippen LogP contribution in [0.15, 0.2) is 48.8 Å². The quantitative estimate of drug-likeness (QED) is 0.868. The zero-order valence-corrected chi connectivity index (χ0v) is 15.0. The van der Waals surface area contributed by atoms with Crippen molar-refractivity contribution in [1.29, 1.82) is 0 Å². The van der Waals surface area contributed by atoms with Crippen molar-refractivity contribution < 1.29 is 13.9 Å². The molecule has 6 nitrogen and oxygen atoms in total. The highest BCUT2D eigenvalue weighted by molar-refractivity contribution is 5.75. The molecule has 0 aliphatic carbocycles. The third-order valence-electron chi connectivity index (χ3n) is 5.16. The largest absolute Gasteiger partial charge is 0.371 e. The predicted octanol–water partition coefficient (Wildman–Crippen LogP) is 2.63. The molecule has 2 fully saturated rings. The van der Waals surface area contributed by atoms with Crippen molar-refractivity contribution in [1.82, 2.24) is 15.6 Å². The number of amides is 2. The molecule has 1 aromatic heterocycles. The minimum Gasteiger partial charge on any atom is -0.371 e. The van der Waals surface area contributed by atoms with E-state index in [2.05, 4.69) is 20.5 Å². The first-order chi connectivity index (χ1) is 13.2. The highest BCUT2D eigenvalue weighted by atomic mass is 19.1. The van der Waals surface area contributed by atoms with Gasteiger partial charge in [0.05, 0.1) is 6.04 Å². The molecule has 0 spiro atoms. The number of rotatable bonds is 4. The second-order valence-electron chi connectivity index (χ2n) is 6.99. The van der Waals surface area contributed by atoms with Gasteiger partial charge in [0.2, 0.25) is 0 Å². The lowest BCUT2D eigenvalue weighted by Gasteiger charge is -2.22. The van der Waals surface area contributed by atoms with Crippen molar-refractivity contribution in [3.05, 3.63) is 60.2 Å². The second-order valence-corrected chi connectivity index (χ2v) is 6.99. The van der Waals surface area contributed by atoms with E-state index in [4.69, 9.17) is 4.74 Å². The Bertz CT molecular complexity index is 771. The summed E-state index contributed by atoms with van der Waals surface area (Å²) in [5, 5.41) is 6.11. The van der Waals surface area contributed by atoms with Crippen molar-refractivity contribution >= 4 is 11.7 Å². The van der Waals surface area contributed by atoms with Gasteiger partial charge in [-0.25, -0.2) is 9.18 Å². The predicted molar refractivity (Wildman–Crippen MR) is 100 cm³/mol. The van der Waals surface area contributed by atoms with E-state index in [1.165, 1.54) is 12.1 Å². The number of benzene rings is 1. The molecule has 2 N–H and O–H groups in total. The number of halogens is 1. The van der Waals surface area contributed by atoms with E-state index in [1.807, 2.05) is 12.1 Å². The van der Waals surface area contributed by atoms with Crippen LogP contribution in [-0.2, 0) is 4.74 Å². The summed E-state index contributed by atoms with van der Waals surface area (Å²) in [5.41, 5.74) is 2.00. The number of urea groups is 1. The van der Waals surface area contributed by atoms with E-state index >= 15 is 0 Å². The molecule has 0 bridgehead atoms. The first-order valence-corrected chi connectivity index (χ1v) is 9.28. The summed E-state index contributed by atoms with van der Waals surface area (Å²) in [6.07, 6.45) is 4.97. The zero-order chi connectivity index (χ0) is 18.6. The Kier molecular flexibility index (Phi) is 5.20. The van der Waals surface area contributed by atoms with Gasteiger partial charge >= 0.3 is 6.03 Å². The molecule has 2 aromatic rings. The van der Waals surface area contributed by atoms with Crippen molar-refractivity contribution in [2.45, 2.75) is 31.0 Å². The van der Waals surface area contributed by atoms with Gasteiger partial charge in [0.15, 0.2) is 0 Å². The molecule has 27 heavy (non-hydrogen) atoms. The number of nitrogens with zero attached hydrogens (tertiary/aromatic N) is 2. The number of carbonyl (C=O) groups is 1. The van der Waals surface area contributed by atoms with Crippen LogP contribution >= 0.6 is 0 Å². The van der Waals surface area contributed by atoms with Gasteiger partial charge in [-0.05, 0) is 54.8 Å². The Labute approximate surface area is 157 Å². The van der Waals surface area contributed by atoms with Gasteiger partial charge in [-0.2, -0.15) is 0 Å². The number of hydrogen-bond acceptors (Lipinski definition) is 4. The number of pyridine rings is 1.